The van der Waals surface area contributed by atoms with Crippen molar-refractivity contribution in [2.24, 2.45) is 5.90 Å². The van der Waals surface area contributed by atoms with Gasteiger partial charge < -0.3 is 5.32 Å². The lowest BCUT2D eigenvalue weighted by molar-refractivity contribution is -0.195. The molecule has 0 unspecified atom stereocenters. The summed E-state index contributed by atoms with van der Waals surface area (Å²) in [7, 11) is 0. The van der Waals surface area contributed by atoms with Crippen LogP contribution in [0, 0.1) is 6.92 Å². The quantitative estimate of drug-likeness (QED) is 0.507. The summed E-state index contributed by atoms with van der Waals surface area (Å²) in [5.41, 5.74) is 4.75. The predicted octanol–water partition coefficient (Wildman–Crippen LogP) is 1.66. The number of aryl methyl sites for hydroxylation is 1. The molecular formula is C13H16N4O2S. The van der Waals surface area contributed by atoms with Crippen LogP contribution in [0.1, 0.15) is 17.0 Å². The molecule has 0 bridgehead atoms. The first kappa shape index (κ1) is 13.6. The van der Waals surface area contributed by atoms with Crippen molar-refractivity contribution in [1.82, 2.24) is 15.1 Å². The topological polar surface area (TPSA) is 74.3 Å². The normalized spacial score (nSPS) is 14.3. The number of benzene rings is 1. The van der Waals surface area contributed by atoms with Crippen LogP contribution in [0.3, 0.4) is 0 Å². The fourth-order valence-electron chi connectivity index (χ4n) is 2.43. The van der Waals surface area contributed by atoms with E-state index in [1.54, 1.807) is 0 Å². The van der Waals surface area contributed by atoms with Crippen LogP contribution in [-0.4, -0.2) is 16.3 Å². The van der Waals surface area contributed by atoms with Gasteiger partial charge in [0.15, 0.2) is 0 Å². The molecule has 2 aromatic rings. The van der Waals surface area contributed by atoms with Gasteiger partial charge in [0.2, 0.25) is 0 Å². The molecule has 0 radical (unpaired) electrons. The molecule has 106 valence electrons. The van der Waals surface area contributed by atoms with Gasteiger partial charge in [-0.25, -0.2) is 4.68 Å². The maximum absolute atomic E-state index is 4.81. The first-order valence-electron chi connectivity index (χ1n) is 6.38. The van der Waals surface area contributed by atoms with E-state index in [2.05, 4.69) is 26.7 Å². The monoisotopic (exact) mass is 292 g/mol. The van der Waals surface area contributed by atoms with Crippen molar-refractivity contribution in [2.45, 2.75) is 24.8 Å². The summed E-state index contributed by atoms with van der Waals surface area (Å²) < 4.78 is 6.65. The molecule has 0 amide bonds. The molecule has 6 nitrogen and oxygen atoms in total. The van der Waals surface area contributed by atoms with Gasteiger partial charge >= 0.3 is 0 Å². The third-order valence-corrected chi connectivity index (χ3v) is 3.99. The number of fused-ring (bicyclic) bond motifs is 1. The van der Waals surface area contributed by atoms with E-state index in [0.29, 0.717) is 0 Å². The van der Waals surface area contributed by atoms with E-state index < -0.39 is 0 Å². The first-order valence-corrected chi connectivity index (χ1v) is 7.12. The second kappa shape index (κ2) is 5.94. The Morgan fingerprint density at radius 2 is 2.15 bits per heavy atom. The van der Waals surface area contributed by atoms with Crippen LogP contribution in [-0.2, 0) is 22.3 Å². The van der Waals surface area contributed by atoms with Gasteiger partial charge in [0.05, 0.1) is 29.1 Å². The van der Waals surface area contributed by atoms with E-state index in [4.69, 9.17) is 5.90 Å². The van der Waals surface area contributed by atoms with E-state index in [0.717, 1.165) is 47.8 Å². The molecule has 20 heavy (non-hydrogen) atoms. The Bertz CT molecular complexity index is 597. The van der Waals surface area contributed by atoms with Crippen LogP contribution in [0.4, 0.5) is 0 Å². The van der Waals surface area contributed by atoms with E-state index in [1.807, 2.05) is 28.9 Å². The average Bonchev–Trinajstić information content (AvgIpc) is 2.83. The zero-order valence-corrected chi connectivity index (χ0v) is 11.9. The van der Waals surface area contributed by atoms with Gasteiger partial charge in [0.1, 0.15) is 0 Å². The third-order valence-electron chi connectivity index (χ3n) is 3.38. The van der Waals surface area contributed by atoms with Gasteiger partial charge in [-0.3, -0.25) is 0 Å². The van der Waals surface area contributed by atoms with Gasteiger partial charge in [-0.15, -0.1) is 9.32 Å². The smallest absolute Gasteiger partial charge is 0.0702 e. The Labute approximate surface area is 121 Å². The number of nitrogens with two attached hydrogens (primary N) is 1. The number of aromatic nitrogens is 2. The lowest BCUT2D eigenvalue weighted by Crippen LogP contribution is -2.24. The Hall–Kier alpha value is -1.38. The highest BCUT2D eigenvalue weighted by atomic mass is 32.2. The van der Waals surface area contributed by atoms with E-state index in [9.17, 15) is 0 Å². The molecule has 3 N–H and O–H groups in total. The lowest BCUT2D eigenvalue weighted by Gasteiger charge is -2.15. The lowest BCUT2D eigenvalue weighted by atomic mass is 10.1. The average molecular weight is 292 g/mol. The molecule has 0 atom stereocenters. The second-order valence-corrected chi connectivity index (χ2v) is 5.36. The van der Waals surface area contributed by atoms with Crippen molar-refractivity contribution in [2.75, 3.05) is 6.54 Å². The molecule has 1 aromatic heterocycles. The van der Waals surface area contributed by atoms with Gasteiger partial charge in [-0.1, -0.05) is 0 Å². The molecule has 0 aliphatic carbocycles. The van der Waals surface area contributed by atoms with Crippen molar-refractivity contribution in [3.63, 3.8) is 0 Å². The fraction of sp³-hybridized carbons (Fsp3) is 0.308. The molecular weight excluding hydrogens is 276 g/mol. The molecule has 1 aliphatic rings. The number of nitrogens with zero attached hydrogens (tertiary/aromatic N) is 2. The standard InChI is InChI=1S/C13H16N4O2S/c1-9-12-8-15-7-6-13(12)17(16-9)10-2-4-11(5-3-10)20-19-18-14/h2-5,15H,6-8,14H2,1H3. The highest BCUT2D eigenvalue weighted by Gasteiger charge is 2.18. The second-order valence-electron chi connectivity index (χ2n) is 4.59. The van der Waals surface area contributed by atoms with Crippen LogP contribution in [0.25, 0.3) is 5.69 Å². The molecule has 0 saturated heterocycles. The molecule has 1 aliphatic heterocycles. The molecule has 2 heterocycles. The van der Waals surface area contributed by atoms with Crippen molar-refractivity contribution >= 4 is 12.0 Å². The summed E-state index contributed by atoms with van der Waals surface area (Å²) >= 11 is 1.07. The molecule has 0 spiro atoms. The Morgan fingerprint density at radius 3 is 2.90 bits per heavy atom. The Kier molecular flexibility index (Phi) is 4.04. The van der Waals surface area contributed by atoms with Crippen LogP contribution in [0.15, 0.2) is 29.2 Å². The number of hydrogen-bond acceptors (Lipinski definition) is 6. The van der Waals surface area contributed by atoms with E-state index in [1.165, 1.54) is 11.3 Å². The predicted molar refractivity (Wildman–Crippen MR) is 75.9 cm³/mol. The number of hydrogen-bond donors (Lipinski definition) is 2. The summed E-state index contributed by atoms with van der Waals surface area (Å²) in [5.74, 6) is 4.81. The summed E-state index contributed by atoms with van der Waals surface area (Å²) in [5, 5.41) is 8.03. The molecule has 0 fully saturated rings. The zero-order valence-electron chi connectivity index (χ0n) is 11.1. The largest absolute Gasteiger partial charge is 0.312 e. The summed E-state index contributed by atoms with van der Waals surface area (Å²) in [4.78, 5) is 4.99. The third kappa shape index (κ3) is 2.58. The summed E-state index contributed by atoms with van der Waals surface area (Å²) in [6.07, 6.45) is 0.997. The minimum Gasteiger partial charge on any atom is -0.312 e. The van der Waals surface area contributed by atoms with E-state index >= 15 is 0 Å². The number of nitrogens with one attached hydrogen (secondary N) is 1. The summed E-state index contributed by atoms with van der Waals surface area (Å²) in [6.45, 7) is 3.95. The van der Waals surface area contributed by atoms with Gasteiger partial charge in [-0.05, 0) is 31.2 Å². The SMILES string of the molecule is Cc1nn(-c2ccc(SOON)cc2)c2c1CNCC2. The molecule has 7 heteroatoms. The maximum Gasteiger partial charge on any atom is 0.0702 e. The van der Waals surface area contributed by atoms with Crippen LogP contribution >= 0.6 is 12.0 Å². The minimum absolute atomic E-state index is 0.900. The van der Waals surface area contributed by atoms with Gasteiger partial charge in [0.25, 0.3) is 0 Å². The number of rotatable bonds is 4. The molecule has 0 saturated carbocycles. The maximum atomic E-state index is 4.81. The molecule has 3 rings (SSSR count). The first-order chi connectivity index (χ1) is 9.79. The molecule has 1 aromatic carbocycles. The van der Waals surface area contributed by atoms with Crippen molar-refractivity contribution in [3.05, 3.63) is 41.2 Å². The highest BCUT2D eigenvalue weighted by Crippen LogP contribution is 2.24. The zero-order chi connectivity index (χ0) is 13.9. The van der Waals surface area contributed by atoms with Crippen LogP contribution < -0.4 is 11.2 Å². The van der Waals surface area contributed by atoms with Crippen LogP contribution in [0.2, 0.25) is 0 Å². The van der Waals surface area contributed by atoms with Crippen molar-refractivity contribution < 1.29 is 9.32 Å². The van der Waals surface area contributed by atoms with Crippen LogP contribution in [0.5, 0.6) is 0 Å². The highest BCUT2D eigenvalue weighted by molar-refractivity contribution is 7.94. The minimum atomic E-state index is 0.900. The summed E-state index contributed by atoms with van der Waals surface area (Å²) in [6, 6.07) is 7.92. The van der Waals surface area contributed by atoms with Gasteiger partial charge in [-0.2, -0.15) is 11.0 Å². The fourth-order valence-corrected chi connectivity index (χ4v) is 2.79. The Morgan fingerprint density at radius 1 is 1.35 bits per heavy atom. The van der Waals surface area contributed by atoms with E-state index in [-0.39, 0.29) is 0 Å². The van der Waals surface area contributed by atoms with Crippen molar-refractivity contribution in [1.29, 1.82) is 0 Å². The Balaban J connectivity index is 1.89. The van der Waals surface area contributed by atoms with Crippen molar-refractivity contribution in [3.8, 4) is 5.69 Å². The van der Waals surface area contributed by atoms with Gasteiger partial charge in [0, 0.05) is 30.0 Å².